The van der Waals surface area contributed by atoms with Gasteiger partial charge in [-0.15, -0.1) is 0 Å². The minimum Gasteiger partial charge on any atom is -0.490 e. The summed E-state index contributed by atoms with van der Waals surface area (Å²) in [6, 6.07) is 11.7. The number of anilines is 3. The van der Waals surface area contributed by atoms with Gasteiger partial charge in [-0.2, -0.15) is 5.10 Å². The number of nitrogens with zero attached hydrogens (tertiary/aromatic N) is 8. The maximum Gasteiger partial charge on any atom is 0.329 e. The maximum absolute atomic E-state index is 13.4. The van der Waals surface area contributed by atoms with Crippen LogP contribution >= 0.6 is 0 Å². The molecule has 0 radical (unpaired) electrons. The van der Waals surface area contributed by atoms with Gasteiger partial charge in [-0.3, -0.25) is 29.4 Å². The number of amides is 4. The molecule has 0 atom stereocenters. The zero-order valence-corrected chi connectivity index (χ0v) is 31.8. The van der Waals surface area contributed by atoms with Crippen LogP contribution in [0, 0.1) is 5.92 Å². The molecule has 6 heterocycles. The van der Waals surface area contributed by atoms with Crippen molar-refractivity contribution in [1.29, 1.82) is 0 Å². The minimum atomic E-state index is -2.75. The number of alkyl halides is 2. The summed E-state index contributed by atoms with van der Waals surface area (Å²) in [5.74, 6) is 1.12. The van der Waals surface area contributed by atoms with Gasteiger partial charge in [0.15, 0.2) is 5.82 Å². The van der Waals surface area contributed by atoms with Crippen molar-refractivity contribution in [1.82, 2.24) is 34.4 Å². The number of rotatable bonds is 10. The molecule has 0 bridgehead atoms. The Bertz CT molecular complexity index is 2270. The monoisotopic (exact) mass is 768 g/mol. The molecule has 5 aromatic rings. The van der Waals surface area contributed by atoms with Crippen LogP contribution in [0.3, 0.4) is 0 Å². The Morgan fingerprint density at radius 3 is 2.50 bits per heavy atom. The molecule has 1 aromatic carbocycles. The first-order chi connectivity index (χ1) is 27.0. The van der Waals surface area contributed by atoms with Crippen molar-refractivity contribution in [3.63, 3.8) is 0 Å². The van der Waals surface area contributed by atoms with Crippen molar-refractivity contribution in [2.24, 2.45) is 13.0 Å². The first kappa shape index (κ1) is 37.3. The quantitative estimate of drug-likeness (QED) is 0.172. The van der Waals surface area contributed by atoms with Gasteiger partial charge in [-0.1, -0.05) is 6.07 Å². The summed E-state index contributed by atoms with van der Waals surface area (Å²) in [6.45, 7) is 8.93. The van der Waals surface area contributed by atoms with Crippen molar-refractivity contribution >= 4 is 51.7 Å². The number of fused-ring (bicyclic) bond motifs is 2. The largest absolute Gasteiger partial charge is 0.490 e. The van der Waals surface area contributed by atoms with Gasteiger partial charge < -0.3 is 19.4 Å². The second-order valence-electron chi connectivity index (χ2n) is 15.3. The van der Waals surface area contributed by atoms with Crippen molar-refractivity contribution < 1.29 is 27.9 Å². The number of ether oxygens (including phenoxy) is 1. The number of hydrogen-bond donors (Lipinski definition) is 2. The SMILES string of the molecule is CC(C)Oc1cc2nc(C3CCC(CN4CCN(c5ccc6c(N7CCC(=O)NC7=O)nn(C)c6c5)CC4)CC3)cn2cc1C(=O)Nc1cccc(C(F)F)n1. The number of urea groups is 1. The Kier molecular flexibility index (Phi) is 10.3. The molecule has 4 aromatic heterocycles. The maximum atomic E-state index is 13.4. The summed E-state index contributed by atoms with van der Waals surface area (Å²) >= 11 is 0. The number of nitrogens with one attached hydrogen (secondary N) is 2. The molecule has 3 fully saturated rings. The lowest BCUT2D eigenvalue weighted by molar-refractivity contribution is -0.120. The molecule has 0 unspecified atom stereocenters. The van der Waals surface area contributed by atoms with Gasteiger partial charge in [0.2, 0.25) is 5.91 Å². The summed E-state index contributed by atoms with van der Waals surface area (Å²) < 4.78 is 36.1. The van der Waals surface area contributed by atoms with Gasteiger partial charge in [-0.25, -0.2) is 23.5 Å². The predicted molar refractivity (Wildman–Crippen MR) is 208 cm³/mol. The van der Waals surface area contributed by atoms with E-state index in [0.717, 1.165) is 80.7 Å². The van der Waals surface area contributed by atoms with Crippen LogP contribution in [0.4, 0.5) is 30.9 Å². The van der Waals surface area contributed by atoms with Crippen LogP contribution in [-0.2, 0) is 11.8 Å². The zero-order valence-electron chi connectivity index (χ0n) is 31.8. The van der Waals surface area contributed by atoms with E-state index in [1.165, 1.54) is 23.1 Å². The Balaban J connectivity index is 0.866. The molecule has 56 heavy (non-hydrogen) atoms. The van der Waals surface area contributed by atoms with Gasteiger partial charge >= 0.3 is 6.03 Å². The average Bonchev–Trinajstić information content (AvgIpc) is 3.75. The second kappa shape index (κ2) is 15.5. The Morgan fingerprint density at radius 1 is 0.982 bits per heavy atom. The summed E-state index contributed by atoms with van der Waals surface area (Å²) in [6.07, 6.45) is 5.27. The molecule has 1 aliphatic carbocycles. The van der Waals surface area contributed by atoms with Crippen LogP contribution in [0.5, 0.6) is 5.75 Å². The normalized spacial score (nSPS) is 19.7. The topological polar surface area (TPSA) is 142 Å². The third-order valence-corrected chi connectivity index (χ3v) is 11.1. The molecule has 294 valence electrons. The van der Waals surface area contributed by atoms with Crippen LogP contribution < -0.4 is 25.2 Å². The molecular formula is C40H46F2N10O4. The third-order valence-electron chi connectivity index (χ3n) is 11.1. The first-order valence-corrected chi connectivity index (χ1v) is 19.3. The van der Waals surface area contributed by atoms with E-state index < -0.39 is 24.1 Å². The fourth-order valence-electron chi connectivity index (χ4n) is 8.16. The van der Waals surface area contributed by atoms with Crippen LogP contribution in [0.2, 0.25) is 0 Å². The molecule has 2 N–H and O–H groups in total. The van der Waals surface area contributed by atoms with E-state index in [0.29, 0.717) is 35.6 Å². The van der Waals surface area contributed by atoms with Crippen LogP contribution in [0.15, 0.2) is 54.9 Å². The number of hydrogen-bond acceptors (Lipinski definition) is 9. The van der Waals surface area contributed by atoms with E-state index in [9.17, 15) is 23.2 Å². The van der Waals surface area contributed by atoms with E-state index in [2.05, 4.69) is 42.6 Å². The van der Waals surface area contributed by atoms with E-state index in [-0.39, 0.29) is 29.8 Å². The number of halogens is 2. The summed E-state index contributed by atoms with van der Waals surface area (Å²) in [7, 11) is 1.88. The smallest absolute Gasteiger partial charge is 0.329 e. The van der Waals surface area contributed by atoms with Gasteiger partial charge in [0.05, 0.1) is 22.9 Å². The van der Waals surface area contributed by atoms with Crippen LogP contribution in [-0.4, -0.2) is 92.3 Å². The van der Waals surface area contributed by atoms with E-state index in [4.69, 9.17) is 9.72 Å². The van der Waals surface area contributed by atoms with E-state index in [1.54, 1.807) is 16.9 Å². The van der Waals surface area contributed by atoms with Gasteiger partial charge in [0.25, 0.3) is 12.3 Å². The molecule has 8 rings (SSSR count). The molecule has 2 aliphatic heterocycles. The second-order valence-corrected chi connectivity index (χ2v) is 15.3. The van der Waals surface area contributed by atoms with Crippen molar-refractivity contribution in [3.8, 4) is 5.75 Å². The van der Waals surface area contributed by atoms with Crippen molar-refractivity contribution in [3.05, 3.63) is 71.8 Å². The molecule has 2 saturated heterocycles. The lowest BCUT2D eigenvalue weighted by atomic mass is 9.80. The highest BCUT2D eigenvalue weighted by Crippen LogP contribution is 2.37. The van der Waals surface area contributed by atoms with Gasteiger partial charge in [-0.05, 0) is 75.8 Å². The number of carbonyl (C=O) groups excluding carboxylic acids is 3. The Hall–Kier alpha value is -5.64. The molecule has 14 nitrogen and oxygen atoms in total. The highest BCUT2D eigenvalue weighted by Gasteiger charge is 2.30. The van der Waals surface area contributed by atoms with Crippen molar-refractivity contribution in [2.45, 2.75) is 64.4 Å². The highest BCUT2D eigenvalue weighted by molar-refractivity contribution is 6.09. The third kappa shape index (κ3) is 7.74. The lowest BCUT2D eigenvalue weighted by Gasteiger charge is -2.39. The number of imidazole rings is 1. The van der Waals surface area contributed by atoms with E-state index >= 15 is 0 Å². The molecule has 0 spiro atoms. The van der Waals surface area contributed by atoms with Gasteiger partial charge in [0, 0.05) is 88.2 Å². The number of benzene rings is 1. The Morgan fingerprint density at radius 2 is 1.77 bits per heavy atom. The fourth-order valence-corrected chi connectivity index (χ4v) is 8.16. The molecule has 16 heteroatoms. The first-order valence-electron chi connectivity index (χ1n) is 19.3. The molecule has 1 saturated carbocycles. The minimum absolute atomic E-state index is 0.0399. The number of imide groups is 1. The summed E-state index contributed by atoms with van der Waals surface area (Å²) in [5, 5.41) is 10.5. The number of aryl methyl sites for hydroxylation is 1. The number of aromatic nitrogens is 5. The highest BCUT2D eigenvalue weighted by atomic mass is 19.3. The molecule has 3 aliphatic rings. The predicted octanol–water partition coefficient (Wildman–Crippen LogP) is 6.14. The summed E-state index contributed by atoms with van der Waals surface area (Å²) in [5.41, 5.74) is 3.59. The van der Waals surface area contributed by atoms with E-state index in [1.807, 2.05) is 37.6 Å². The number of pyridine rings is 2. The number of piperazine rings is 1. The van der Waals surface area contributed by atoms with Crippen molar-refractivity contribution in [2.75, 3.05) is 54.4 Å². The van der Waals surface area contributed by atoms with Crippen LogP contribution in [0.25, 0.3) is 16.6 Å². The lowest BCUT2D eigenvalue weighted by Crippen LogP contribution is -2.49. The average molecular weight is 769 g/mol. The zero-order chi connectivity index (χ0) is 39.1. The molecule has 4 amide bonds. The summed E-state index contributed by atoms with van der Waals surface area (Å²) in [4.78, 5) is 52.9. The molecular weight excluding hydrogens is 723 g/mol. The standard InChI is InChI=1S/C40H46F2N10O4/c1-24(2)56-33-20-35-44-31(23-51(35)22-29(33)39(54)45-34-6-4-5-30(43-34)37(41)42)26-9-7-25(8-10-26)21-49-15-17-50(18-16-49)27-11-12-28-32(19-27)48(3)47-38(28)52-14-13-36(53)46-40(52)55/h4-6,11-12,19-20,22-26,37H,7-10,13-18,21H2,1-3H3,(H,43,45,54)(H,46,53,55). The Labute approximate surface area is 322 Å². The van der Waals surface area contributed by atoms with Crippen LogP contribution in [0.1, 0.15) is 80.0 Å². The van der Waals surface area contributed by atoms with Gasteiger partial charge in [0.1, 0.15) is 22.9 Å². The fraction of sp³-hybridized carbons (Fsp3) is 0.450. The number of carbonyl (C=O) groups is 3.